The van der Waals surface area contributed by atoms with Gasteiger partial charge in [0.2, 0.25) is 5.91 Å². The lowest BCUT2D eigenvalue weighted by atomic mass is 10.1. The Morgan fingerprint density at radius 2 is 1.75 bits per heavy atom. The third kappa shape index (κ3) is 3.66. The molecule has 0 aliphatic carbocycles. The first-order valence-electron chi connectivity index (χ1n) is 8.91. The first kappa shape index (κ1) is 17.6. The number of carbonyl (C=O) groups is 2. The highest BCUT2D eigenvalue weighted by atomic mass is 16.3. The van der Waals surface area contributed by atoms with E-state index in [0.717, 1.165) is 22.2 Å². The maximum atomic E-state index is 12.6. The quantitative estimate of drug-likeness (QED) is 0.481. The lowest BCUT2D eigenvalue weighted by molar-refractivity contribution is -0.115. The van der Waals surface area contributed by atoms with Gasteiger partial charge in [-0.25, -0.2) is 0 Å². The Morgan fingerprint density at radius 3 is 2.54 bits per heavy atom. The van der Waals surface area contributed by atoms with E-state index in [1.807, 2.05) is 31.2 Å². The minimum atomic E-state index is -0.345. The number of amides is 2. The lowest BCUT2D eigenvalue weighted by Gasteiger charge is -2.08. The zero-order chi connectivity index (χ0) is 19.5. The molecule has 4 rings (SSSR count). The molecular formula is C22H19N3O3. The van der Waals surface area contributed by atoms with Crippen LogP contribution in [0.2, 0.25) is 0 Å². The molecule has 0 radical (unpaired) electrons. The lowest BCUT2D eigenvalue weighted by Crippen LogP contribution is -2.15. The summed E-state index contributed by atoms with van der Waals surface area (Å²) in [5.41, 5.74) is 4.17. The van der Waals surface area contributed by atoms with Gasteiger partial charge in [0.15, 0.2) is 5.76 Å². The largest absolute Gasteiger partial charge is 0.459 e. The highest BCUT2D eigenvalue weighted by Crippen LogP contribution is 2.23. The van der Waals surface area contributed by atoms with Crippen molar-refractivity contribution in [3.8, 4) is 0 Å². The molecule has 0 bridgehead atoms. The number of carbonyl (C=O) groups excluding carboxylic acids is 2. The Balaban J connectivity index is 1.46. The van der Waals surface area contributed by atoms with Crippen LogP contribution in [0.1, 0.15) is 21.8 Å². The maximum Gasteiger partial charge on any atom is 0.291 e. The Labute approximate surface area is 161 Å². The van der Waals surface area contributed by atoms with Gasteiger partial charge in [-0.1, -0.05) is 24.3 Å². The fraction of sp³-hybridized carbons (Fsp3) is 0.0909. The SMILES string of the molecule is Cc1[nH]c2ccccc2c1CC(=O)Nc1cccc(NC(=O)c2ccco2)c1. The van der Waals surface area contributed by atoms with Crippen molar-refractivity contribution in [2.45, 2.75) is 13.3 Å². The molecule has 2 amide bonds. The van der Waals surface area contributed by atoms with E-state index in [2.05, 4.69) is 15.6 Å². The zero-order valence-corrected chi connectivity index (χ0v) is 15.3. The topological polar surface area (TPSA) is 87.1 Å². The number of benzene rings is 2. The number of aromatic amines is 1. The third-order valence-corrected chi connectivity index (χ3v) is 4.51. The van der Waals surface area contributed by atoms with Crippen LogP contribution in [0, 0.1) is 6.92 Å². The minimum Gasteiger partial charge on any atom is -0.459 e. The molecule has 0 aliphatic rings. The molecule has 2 aromatic carbocycles. The van der Waals surface area contributed by atoms with Crippen molar-refractivity contribution < 1.29 is 14.0 Å². The Hall–Kier alpha value is -3.80. The Morgan fingerprint density at radius 1 is 0.964 bits per heavy atom. The van der Waals surface area contributed by atoms with Crippen molar-refractivity contribution in [3.05, 3.63) is 83.9 Å². The van der Waals surface area contributed by atoms with Crippen LogP contribution in [0.25, 0.3) is 10.9 Å². The van der Waals surface area contributed by atoms with Crippen molar-refractivity contribution in [2.75, 3.05) is 10.6 Å². The van der Waals surface area contributed by atoms with Gasteiger partial charge in [0.1, 0.15) is 0 Å². The Bertz CT molecular complexity index is 1140. The predicted octanol–water partition coefficient (Wildman–Crippen LogP) is 4.50. The summed E-state index contributed by atoms with van der Waals surface area (Å²) in [5, 5.41) is 6.69. The molecule has 0 aliphatic heterocycles. The first-order chi connectivity index (χ1) is 13.6. The molecule has 0 fully saturated rings. The summed E-state index contributed by atoms with van der Waals surface area (Å²) in [4.78, 5) is 28.0. The van der Waals surface area contributed by atoms with Crippen LogP contribution in [0.5, 0.6) is 0 Å². The van der Waals surface area contributed by atoms with Crippen LogP contribution < -0.4 is 10.6 Å². The number of para-hydroxylation sites is 1. The number of nitrogens with one attached hydrogen (secondary N) is 3. The van der Waals surface area contributed by atoms with Crippen LogP contribution in [0.4, 0.5) is 11.4 Å². The molecule has 2 aromatic heterocycles. The van der Waals surface area contributed by atoms with Gasteiger partial charge in [0.05, 0.1) is 12.7 Å². The van der Waals surface area contributed by atoms with E-state index < -0.39 is 0 Å². The van der Waals surface area contributed by atoms with E-state index in [4.69, 9.17) is 4.42 Å². The molecule has 6 nitrogen and oxygen atoms in total. The standard InChI is InChI=1S/C22H19N3O3/c1-14-18(17-8-2-3-9-19(17)23-14)13-21(26)24-15-6-4-7-16(12-15)25-22(27)20-10-5-11-28-20/h2-12,23H,13H2,1H3,(H,24,26)(H,25,27). The maximum absolute atomic E-state index is 12.6. The average molecular weight is 373 g/mol. The summed E-state index contributed by atoms with van der Waals surface area (Å²) < 4.78 is 5.08. The number of hydrogen-bond acceptors (Lipinski definition) is 3. The normalized spacial score (nSPS) is 10.8. The summed E-state index contributed by atoms with van der Waals surface area (Å²) in [5.74, 6) is -0.241. The average Bonchev–Trinajstić information content (AvgIpc) is 3.31. The number of hydrogen-bond donors (Lipinski definition) is 3. The van der Waals surface area contributed by atoms with Gasteiger partial charge in [-0.3, -0.25) is 9.59 Å². The monoisotopic (exact) mass is 373 g/mol. The number of fused-ring (bicyclic) bond motifs is 1. The molecule has 0 spiro atoms. The van der Waals surface area contributed by atoms with Gasteiger partial charge in [0, 0.05) is 28.0 Å². The predicted molar refractivity (Wildman–Crippen MR) is 108 cm³/mol. The van der Waals surface area contributed by atoms with Crippen molar-refractivity contribution in [1.29, 1.82) is 0 Å². The molecule has 140 valence electrons. The van der Waals surface area contributed by atoms with E-state index >= 15 is 0 Å². The van der Waals surface area contributed by atoms with E-state index in [9.17, 15) is 9.59 Å². The molecule has 0 saturated heterocycles. The first-order valence-corrected chi connectivity index (χ1v) is 8.91. The minimum absolute atomic E-state index is 0.123. The number of furan rings is 1. The summed E-state index contributed by atoms with van der Waals surface area (Å²) >= 11 is 0. The number of aryl methyl sites for hydroxylation is 1. The molecular weight excluding hydrogens is 354 g/mol. The van der Waals surface area contributed by atoms with Crippen LogP contribution >= 0.6 is 0 Å². The van der Waals surface area contributed by atoms with Gasteiger partial charge < -0.3 is 20.0 Å². The fourth-order valence-corrected chi connectivity index (χ4v) is 3.20. The van der Waals surface area contributed by atoms with Gasteiger partial charge in [-0.15, -0.1) is 0 Å². The second-order valence-electron chi connectivity index (χ2n) is 6.51. The Kier molecular flexibility index (Phi) is 4.68. The number of aromatic nitrogens is 1. The molecule has 2 heterocycles. The van der Waals surface area contributed by atoms with Crippen LogP contribution in [-0.4, -0.2) is 16.8 Å². The molecule has 0 atom stereocenters. The van der Waals surface area contributed by atoms with E-state index in [-0.39, 0.29) is 24.0 Å². The second kappa shape index (κ2) is 7.44. The second-order valence-corrected chi connectivity index (χ2v) is 6.51. The third-order valence-electron chi connectivity index (χ3n) is 4.51. The van der Waals surface area contributed by atoms with Crippen molar-refractivity contribution >= 4 is 34.1 Å². The molecule has 0 unspecified atom stereocenters. The summed E-state index contributed by atoms with van der Waals surface area (Å²) in [6, 6.07) is 18.2. The van der Waals surface area contributed by atoms with Gasteiger partial charge in [-0.05, 0) is 48.9 Å². The fourth-order valence-electron chi connectivity index (χ4n) is 3.20. The number of rotatable bonds is 5. The van der Waals surface area contributed by atoms with Crippen molar-refractivity contribution in [2.24, 2.45) is 0 Å². The molecule has 0 saturated carbocycles. The molecule has 28 heavy (non-hydrogen) atoms. The smallest absolute Gasteiger partial charge is 0.291 e. The molecule has 4 aromatic rings. The highest BCUT2D eigenvalue weighted by molar-refractivity contribution is 6.03. The number of anilines is 2. The summed E-state index contributed by atoms with van der Waals surface area (Å²) in [6.45, 7) is 1.97. The van der Waals surface area contributed by atoms with Crippen molar-refractivity contribution in [3.63, 3.8) is 0 Å². The van der Waals surface area contributed by atoms with Gasteiger partial charge >= 0.3 is 0 Å². The van der Waals surface area contributed by atoms with Crippen LogP contribution in [0.3, 0.4) is 0 Å². The molecule has 3 N–H and O–H groups in total. The highest BCUT2D eigenvalue weighted by Gasteiger charge is 2.13. The van der Waals surface area contributed by atoms with Crippen LogP contribution in [-0.2, 0) is 11.2 Å². The number of H-pyrrole nitrogens is 1. The van der Waals surface area contributed by atoms with E-state index in [1.54, 1.807) is 36.4 Å². The van der Waals surface area contributed by atoms with E-state index in [1.165, 1.54) is 6.26 Å². The summed E-state index contributed by atoms with van der Waals surface area (Å²) in [6.07, 6.45) is 1.71. The summed E-state index contributed by atoms with van der Waals surface area (Å²) in [7, 11) is 0. The van der Waals surface area contributed by atoms with Crippen LogP contribution in [0.15, 0.2) is 71.3 Å². The van der Waals surface area contributed by atoms with Gasteiger partial charge in [-0.2, -0.15) is 0 Å². The van der Waals surface area contributed by atoms with Gasteiger partial charge in [0.25, 0.3) is 5.91 Å². The van der Waals surface area contributed by atoms with E-state index in [0.29, 0.717) is 11.4 Å². The zero-order valence-electron chi connectivity index (χ0n) is 15.3. The van der Waals surface area contributed by atoms with Crippen molar-refractivity contribution in [1.82, 2.24) is 4.98 Å². The molecule has 6 heteroatoms.